The highest BCUT2D eigenvalue weighted by Crippen LogP contribution is 2.26. The zero-order valence-corrected chi connectivity index (χ0v) is 11.3. The predicted octanol–water partition coefficient (Wildman–Crippen LogP) is 2.71. The molecule has 21 heavy (non-hydrogen) atoms. The first-order valence-corrected chi connectivity index (χ1v) is 6.50. The molecule has 1 aromatic heterocycles. The van der Waals surface area contributed by atoms with Crippen LogP contribution in [0.3, 0.4) is 0 Å². The standard InChI is InChI=1S/C11H11F5N2O2S/c12-10(13)21-9-7(2-1-3-18-9)8(19)17-4-5-20-6-11(14,15)16/h1-3,10H,4-6H2,(H,17,19). The van der Waals surface area contributed by atoms with Crippen LogP contribution in [0.15, 0.2) is 23.4 Å². The molecule has 0 aliphatic rings. The van der Waals surface area contributed by atoms with Crippen molar-refractivity contribution in [3.05, 3.63) is 23.9 Å². The van der Waals surface area contributed by atoms with Crippen LogP contribution in [-0.2, 0) is 4.74 Å². The van der Waals surface area contributed by atoms with Crippen molar-refractivity contribution in [3.8, 4) is 0 Å². The monoisotopic (exact) mass is 330 g/mol. The van der Waals surface area contributed by atoms with E-state index < -0.39 is 24.4 Å². The van der Waals surface area contributed by atoms with Gasteiger partial charge in [0.1, 0.15) is 11.6 Å². The number of carbonyl (C=O) groups excluding carboxylic acids is 1. The molecule has 0 aromatic carbocycles. The van der Waals surface area contributed by atoms with E-state index in [-0.39, 0.29) is 35.5 Å². The highest BCUT2D eigenvalue weighted by atomic mass is 32.2. The fraction of sp³-hybridized carbons (Fsp3) is 0.455. The molecule has 118 valence electrons. The summed E-state index contributed by atoms with van der Waals surface area (Å²) in [6.07, 6.45) is -3.18. The summed E-state index contributed by atoms with van der Waals surface area (Å²) in [4.78, 5) is 15.4. The molecule has 0 aliphatic heterocycles. The van der Waals surface area contributed by atoms with Crippen molar-refractivity contribution in [1.29, 1.82) is 0 Å². The maximum absolute atomic E-state index is 12.3. The zero-order chi connectivity index (χ0) is 15.9. The number of nitrogens with zero attached hydrogens (tertiary/aromatic N) is 1. The molecule has 0 saturated heterocycles. The molecule has 10 heteroatoms. The van der Waals surface area contributed by atoms with Crippen molar-refractivity contribution in [2.45, 2.75) is 17.0 Å². The third-order valence-electron chi connectivity index (χ3n) is 2.01. The van der Waals surface area contributed by atoms with Crippen LogP contribution in [0.25, 0.3) is 0 Å². The van der Waals surface area contributed by atoms with Crippen molar-refractivity contribution >= 4 is 17.7 Å². The Morgan fingerprint density at radius 2 is 2.14 bits per heavy atom. The minimum atomic E-state index is -4.44. The van der Waals surface area contributed by atoms with Gasteiger partial charge in [-0.25, -0.2) is 4.98 Å². The third kappa shape index (κ3) is 7.23. The molecular weight excluding hydrogens is 319 g/mol. The highest BCUT2D eigenvalue weighted by molar-refractivity contribution is 7.99. The number of pyridine rings is 1. The van der Waals surface area contributed by atoms with Crippen molar-refractivity contribution in [3.63, 3.8) is 0 Å². The van der Waals surface area contributed by atoms with E-state index in [0.717, 1.165) is 0 Å². The Morgan fingerprint density at radius 3 is 2.76 bits per heavy atom. The van der Waals surface area contributed by atoms with Gasteiger partial charge in [0.2, 0.25) is 0 Å². The summed E-state index contributed by atoms with van der Waals surface area (Å²) in [7, 11) is 0. The summed E-state index contributed by atoms with van der Waals surface area (Å²) in [5, 5.41) is 2.12. The van der Waals surface area contributed by atoms with Gasteiger partial charge in [0.15, 0.2) is 0 Å². The highest BCUT2D eigenvalue weighted by Gasteiger charge is 2.27. The lowest BCUT2D eigenvalue weighted by Gasteiger charge is -2.10. The number of hydrogen-bond donors (Lipinski definition) is 1. The Bertz CT molecular complexity index is 470. The largest absolute Gasteiger partial charge is 0.411 e. The summed E-state index contributed by atoms with van der Waals surface area (Å²) >= 11 is 0.115. The molecule has 0 atom stereocenters. The first-order valence-electron chi connectivity index (χ1n) is 5.62. The second kappa shape index (κ2) is 8.13. The summed E-state index contributed by atoms with van der Waals surface area (Å²) in [6.45, 7) is -1.94. The average Bonchev–Trinajstić information content (AvgIpc) is 2.36. The van der Waals surface area contributed by atoms with Crippen molar-refractivity contribution in [2.24, 2.45) is 0 Å². The number of aromatic nitrogens is 1. The topological polar surface area (TPSA) is 51.2 Å². The molecular formula is C11H11F5N2O2S. The molecule has 0 aliphatic carbocycles. The Kier molecular flexibility index (Phi) is 6.82. The molecule has 1 heterocycles. The van der Waals surface area contributed by atoms with Crippen molar-refractivity contribution in [2.75, 3.05) is 19.8 Å². The second-order valence-corrected chi connectivity index (χ2v) is 4.64. The SMILES string of the molecule is O=C(NCCOCC(F)(F)F)c1cccnc1SC(F)F. The quantitative estimate of drug-likeness (QED) is 0.474. The molecule has 1 rings (SSSR count). The Hall–Kier alpha value is -1.42. The van der Waals surface area contributed by atoms with E-state index in [0.29, 0.717) is 0 Å². The Morgan fingerprint density at radius 1 is 1.43 bits per heavy atom. The van der Waals surface area contributed by atoms with Gasteiger partial charge in [0.05, 0.1) is 12.2 Å². The summed E-state index contributed by atoms with van der Waals surface area (Å²) in [5.41, 5.74) is -0.0707. The molecule has 0 bridgehead atoms. The van der Waals surface area contributed by atoms with Gasteiger partial charge < -0.3 is 10.1 Å². The molecule has 0 saturated carbocycles. The lowest BCUT2D eigenvalue weighted by Crippen LogP contribution is -2.29. The van der Waals surface area contributed by atoms with E-state index in [1.54, 1.807) is 0 Å². The van der Waals surface area contributed by atoms with Crippen molar-refractivity contribution in [1.82, 2.24) is 10.3 Å². The van der Waals surface area contributed by atoms with E-state index >= 15 is 0 Å². The van der Waals surface area contributed by atoms with Gasteiger partial charge >= 0.3 is 6.18 Å². The summed E-state index contributed by atoms with van der Waals surface area (Å²) in [6, 6.07) is 2.69. The maximum atomic E-state index is 12.3. The Labute approximate surface area is 121 Å². The van der Waals surface area contributed by atoms with Crippen LogP contribution < -0.4 is 5.32 Å². The van der Waals surface area contributed by atoms with Gasteiger partial charge in [-0.05, 0) is 23.9 Å². The van der Waals surface area contributed by atoms with Gasteiger partial charge in [0, 0.05) is 12.7 Å². The van der Waals surface area contributed by atoms with Crippen LogP contribution in [0.4, 0.5) is 22.0 Å². The number of alkyl halides is 5. The molecule has 1 aromatic rings. The molecule has 4 nitrogen and oxygen atoms in total. The average molecular weight is 330 g/mol. The van der Waals surface area contributed by atoms with Crippen LogP contribution in [0.2, 0.25) is 0 Å². The minimum Gasteiger partial charge on any atom is -0.370 e. The number of amides is 1. The lowest BCUT2D eigenvalue weighted by molar-refractivity contribution is -0.173. The van der Waals surface area contributed by atoms with Crippen LogP contribution in [0, 0.1) is 0 Å². The Balaban J connectivity index is 2.45. The number of ether oxygens (including phenoxy) is 1. The van der Waals surface area contributed by atoms with E-state index in [1.807, 2.05) is 0 Å². The summed E-state index contributed by atoms with van der Waals surface area (Å²) < 4.78 is 64.2. The normalized spacial score (nSPS) is 11.7. The van der Waals surface area contributed by atoms with Gasteiger partial charge in [-0.15, -0.1) is 0 Å². The minimum absolute atomic E-state index is 0.0707. The number of rotatable bonds is 7. The van der Waals surface area contributed by atoms with Gasteiger partial charge in [-0.3, -0.25) is 4.79 Å². The predicted molar refractivity (Wildman–Crippen MR) is 65.3 cm³/mol. The number of thioether (sulfide) groups is 1. The van der Waals surface area contributed by atoms with Gasteiger partial charge in [0.25, 0.3) is 11.7 Å². The van der Waals surface area contributed by atoms with Crippen LogP contribution in [-0.4, -0.2) is 42.6 Å². The molecule has 1 amide bonds. The van der Waals surface area contributed by atoms with Gasteiger partial charge in [-0.1, -0.05) is 0 Å². The molecule has 0 spiro atoms. The molecule has 0 radical (unpaired) electrons. The van der Waals surface area contributed by atoms with Crippen LogP contribution in [0.5, 0.6) is 0 Å². The second-order valence-electron chi connectivity index (χ2n) is 3.66. The van der Waals surface area contributed by atoms with Crippen LogP contribution in [0.1, 0.15) is 10.4 Å². The molecule has 0 fully saturated rings. The zero-order valence-electron chi connectivity index (χ0n) is 10.5. The fourth-order valence-electron chi connectivity index (χ4n) is 1.26. The van der Waals surface area contributed by atoms with Crippen LogP contribution >= 0.6 is 11.8 Å². The summed E-state index contributed by atoms with van der Waals surface area (Å²) in [5.74, 6) is -3.44. The molecule has 1 N–H and O–H groups in total. The number of halogens is 5. The maximum Gasteiger partial charge on any atom is 0.411 e. The first kappa shape index (κ1) is 17.6. The van der Waals surface area contributed by atoms with E-state index in [2.05, 4.69) is 15.0 Å². The van der Waals surface area contributed by atoms with E-state index in [9.17, 15) is 26.7 Å². The number of carbonyl (C=O) groups is 1. The smallest absolute Gasteiger partial charge is 0.370 e. The number of nitrogens with one attached hydrogen (secondary N) is 1. The third-order valence-corrected chi connectivity index (χ3v) is 2.74. The fourth-order valence-corrected chi connectivity index (χ4v) is 1.84. The van der Waals surface area contributed by atoms with Gasteiger partial charge in [-0.2, -0.15) is 22.0 Å². The van der Waals surface area contributed by atoms with Crippen molar-refractivity contribution < 1.29 is 31.5 Å². The molecule has 0 unspecified atom stereocenters. The number of hydrogen-bond acceptors (Lipinski definition) is 4. The van der Waals surface area contributed by atoms with E-state index in [1.165, 1.54) is 18.3 Å². The lowest BCUT2D eigenvalue weighted by atomic mass is 10.2. The van der Waals surface area contributed by atoms with E-state index in [4.69, 9.17) is 0 Å². The first-order chi connectivity index (χ1) is 9.79.